The van der Waals surface area contributed by atoms with E-state index in [1.165, 1.54) is 0 Å². The van der Waals surface area contributed by atoms with Crippen LogP contribution in [0.4, 0.5) is 16.0 Å². The van der Waals surface area contributed by atoms with Crippen molar-refractivity contribution in [2.75, 3.05) is 50.5 Å². The van der Waals surface area contributed by atoms with Gasteiger partial charge in [-0.05, 0) is 56.3 Å². The number of ether oxygens (including phenoxy) is 1. The minimum atomic E-state index is -1.57. The number of alkyl halides is 1. The lowest BCUT2D eigenvalue weighted by Crippen LogP contribution is -2.43. The Bertz CT molecular complexity index is 873. The summed E-state index contributed by atoms with van der Waals surface area (Å²) in [4.78, 5) is 19.0. The van der Waals surface area contributed by atoms with Gasteiger partial charge in [0.25, 0.3) is 0 Å². The molecule has 0 bridgehead atoms. The van der Waals surface area contributed by atoms with Gasteiger partial charge in [0.1, 0.15) is 11.6 Å². The smallest absolute Gasteiger partial charge is 0.178 e. The maximum Gasteiger partial charge on any atom is 0.178 e. The fourth-order valence-corrected chi connectivity index (χ4v) is 3.85. The highest BCUT2D eigenvalue weighted by Gasteiger charge is 2.30. The van der Waals surface area contributed by atoms with E-state index in [9.17, 15) is 9.18 Å². The molecule has 7 nitrogen and oxygen atoms in total. The van der Waals surface area contributed by atoms with Gasteiger partial charge in [0.15, 0.2) is 12.0 Å². The summed E-state index contributed by atoms with van der Waals surface area (Å²) in [5.41, 5.74) is 0.143. The largest absolute Gasteiger partial charge is 0.381 e. The fraction of sp³-hybridized carbons (Fsp3) is 0.522. The molecule has 0 saturated carbocycles. The predicted octanol–water partition coefficient (Wildman–Crippen LogP) is 3.95. The van der Waals surface area contributed by atoms with E-state index in [0.29, 0.717) is 23.6 Å². The summed E-state index contributed by atoms with van der Waals surface area (Å²) in [6.45, 7) is 3.67. The zero-order valence-electron chi connectivity index (χ0n) is 18.4. The molecule has 174 valence electrons. The molecule has 2 aromatic heterocycles. The lowest BCUT2D eigenvalue weighted by Gasteiger charge is -2.23. The molecular formula is C23H31ClFN5O2. The number of piperidine rings is 1. The van der Waals surface area contributed by atoms with Gasteiger partial charge in [-0.25, -0.2) is 14.4 Å². The Hall–Kier alpha value is -2.29. The van der Waals surface area contributed by atoms with E-state index in [1.807, 2.05) is 31.3 Å². The third-order valence-corrected chi connectivity index (χ3v) is 5.93. The Balaban J connectivity index is 0.000000269. The maximum absolute atomic E-state index is 12.9. The van der Waals surface area contributed by atoms with E-state index in [4.69, 9.17) is 16.3 Å². The Morgan fingerprint density at radius 3 is 2.81 bits per heavy atom. The van der Waals surface area contributed by atoms with E-state index in [0.717, 1.165) is 68.5 Å². The van der Waals surface area contributed by atoms with Gasteiger partial charge in [0.2, 0.25) is 0 Å². The summed E-state index contributed by atoms with van der Waals surface area (Å²) in [5.74, 6) is 2.29. The van der Waals surface area contributed by atoms with Crippen molar-refractivity contribution in [2.45, 2.75) is 31.4 Å². The highest BCUT2D eigenvalue weighted by Crippen LogP contribution is 2.28. The molecule has 0 spiro atoms. The number of anilines is 2. The highest BCUT2D eigenvalue weighted by atomic mass is 35.5. The van der Waals surface area contributed by atoms with Crippen LogP contribution in [0, 0.1) is 5.92 Å². The molecule has 2 aliphatic heterocycles. The number of carbonyl (C=O) groups excluding carboxylic acids is 1. The number of aldehydes is 1. The van der Waals surface area contributed by atoms with Crippen molar-refractivity contribution in [3.8, 4) is 11.3 Å². The fourth-order valence-electron chi connectivity index (χ4n) is 3.65. The number of aromatic nitrogens is 2. The summed E-state index contributed by atoms with van der Waals surface area (Å²) in [6, 6.07) is 7.84. The second kappa shape index (κ2) is 12.1. The zero-order valence-corrected chi connectivity index (χ0v) is 19.1. The SMILES string of the molecule is CNc1cc(-c2cccc(NCC3CCOCC3)n2)c(Cl)cn1.O=CC1(F)CCCNC1. The van der Waals surface area contributed by atoms with Gasteiger partial charge in [0, 0.05) is 45.1 Å². The lowest BCUT2D eigenvalue weighted by atomic mass is 9.98. The number of rotatable bonds is 6. The number of nitrogens with zero attached hydrogens (tertiary/aromatic N) is 2. The second-order valence-electron chi connectivity index (χ2n) is 8.08. The van der Waals surface area contributed by atoms with Gasteiger partial charge in [-0.15, -0.1) is 0 Å². The number of hydrogen-bond acceptors (Lipinski definition) is 7. The summed E-state index contributed by atoms with van der Waals surface area (Å²) < 4.78 is 18.3. The molecule has 0 aliphatic carbocycles. The van der Waals surface area contributed by atoms with Gasteiger partial charge in [-0.2, -0.15) is 0 Å². The Morgan fingerprint density at radius 1 is 1.34 bits per heavy atom. The summed E-state index contributed by atoms with van der Waals surface area (Å²) in [5, 5.41) is 9.87. The molecule has 0 amide bonds. The average Bonchev–Trinajstić information content (AvgIpc) is 2.85. The topological polar surface area (TPSA) is 88.2 Å². The van der Waals surface area contributed by atoms with Crippen LogP contribution in [0.2, 0.25) is 5.02 Å². The first-order valence-electron chi connectivity index (χ1n) is 11.0. The summed E-state index contributed by atoms with van der Waals surface area (Å²) in [6.07, 6.45) is 5.40. The molecule has 1 atom stereocenters. The van der Waals surface area contributed by atoms with Crippen molar-refractivity contribution in [1.29, 1.82) is 0 Å². The van der Waals surface area contributed by atoms with Crippen molar-refractivity contribution in [3.63, 3.8) is 0 Å². The molecule has 2 aliphatic rings. The Labute approximate surface area is 193 Å². The van der Waals surface area contributed by atoms with E-state index in [-0.39, 0.29) is 6.54 Å². The molecule has 2 fully saturated rings. The summed E-state index contributed by atoms with van der Waals surface area (Å²) in [7, 11) is 1.83. The van der Waals surface area contributed by atoms with Gasteiger partial charge >= 0.3 is 0 Å². The van der Waals surface area contributed by atoms with E-state index >= 15 is 0 Å². The minimum absolute atomic E-state index is 0.191. The standard InChI is InChI=1S/C17H21ClN4O.C6H10FNO/c1-19-17-9-13(14(18)11-21-17)15-3-2-4-16(22-15)20-10-12-5-7-23-8-6-12;7-6(5-9)2-1-3-8-4-6/h2-4,9,11-12H,5-8,10H2,1H3,(H,19,21)(H,20,22);5,8H,1-4H2. The third-order valence-electron chi connectivity index (χ3n) is 5.63. The molecule has 4 rings (SSSR count). The van der Waals surface area contributed by atoms with Gasteiger partial charge < -0.3 is 20.7 Å². The van der Waals surface area contributed by atoms with E-state index in [1.54, 1.807) is 6.20 Å². The maximum atomic E-state index is 12.9. The van der Waals surface area contributed by atoms with Crippen LogP contribution >= 0.6 is 11.6 Å². The molecule has 3 N–H and O–H groups in total. The number of halogens is 2. The third kappa shape index (κ3) is 7.12. The molecule has 9 heteroatoms. The molecular weight excluding hydrogens is 433 g/mol. The second-order valence-corrected chi connectivity index (χ2v) is 8.48. The normalized spacial score (nSPS) is 21.2. The Kier molecular flexibility index (Phi) is 9.20. The van der Waals surface area contributed by atoms with Crippen LogP contribution in [0.5, 0.6) is 0 Å². The van der Waals surface area contributed by atoms with Crippen molar-refractivity contribution >= 4 is 29.5 Å². The highest BCUT2D eigenvalue weighted by molar-refractivity contribution is 6.33. The van der Waals surface area contributed by atoms with E-state index in [2.05, 4.69) is 25.9 Å². The van der Waals surface area contributed by atoms with E-state index < -0.39 is 5.67 Å². The molecule has 0 aromatic carbocycles. The van der Waals surface area contributed by atoms with Crippen LogP contribution in [0.15, 0.2) is 30.5 Å². The van der Waals surface area contributed by atoms with Crippen LogP contribution in [-0.4, -0.2) is 61.8 Å². The molecule has 0 radical (unpaired) electrons. The molecule has 1 unspecified atom stereocenters. The van der Waals surface area contributed by atoms with Crippen molar-refractivity contribution < 1.29 is 13.9 Å². The van der Waals surface area contributed by atoms with Crippen LogP contribution in [0.1, 0.15) is 25.7 Å². The van der Waals surface area contributed by atoms with Crippen molar-refractivity contribution in [2.24, 2.45) is 5.92 Å². The van der Waals surface area contributed by atoms with Gasteiger partial charge in [-0.3, -0.25) is 4.79 Å². The van der Waals surface area contributed by atoms with Crippen LogP contribution in [0.25, 0.3) is 11.3 Å². The first-order valence-corrected chi connectivity index (χ1v) is 11.4. The van der Waals surface area contributed by atoms with Crippen LogP contribution in [0.3, 0.4) is 0 Å². The quantitative estimate of drug-likeness (QED) is 0.559. The summed E-state index contributed by atoms with van der Waals surface area (Å²) >= 11 is 6.27. The predicted molar refractivity (Wildman–Crippen MR) is 126 cm³/mol. The number of carbonyl (C=O) groups is 1. The van der Waals surface area contributed by atoms with Crippen molar-refractivity contribution in [1.82, 2.24) is 15.3 Å². The van der Waals surface area contributed by atoms with Crippen LogP contribution < -0.4 is 16.0 Å². The number of pyridine rings is 2. The molecule has 4 heterocycles. The Morgan fingerprint density at radius 2 is 2.16 bits per heavy atom. The molecule has 32 heavy (non-hydrogen) atoms. The molecule has 2 aromatic rings. The first kappa shape index (κ1) is 24.4. The first-order chi connectivity index (χ1) is 15.5. The monoisotopic (exact) mass is 463 g/mol. The van der Waals surface area contributed by atoms with Crippen molar-refractivity contribution in [3.05, 3.63) is 35.5 Å². The number of hydrogen-bond donors (Lipinski definition) is 3. The minimum Gasteiger partial charge on any atom is -0.381 e. The lowest BCUT2D eigenvalue weighted by molar-refractivity contribution is -0.118. The number of nitrogens with one attached hydrogen (secondary N) is 3. The zero-order chi connectivity index (χ0) is 22.8. The van der Waals surface area contributed by atoms with Gasteiger partial charge in [0.05, 0.1) is 10.7 Å². The average molecular weight is 464 g/mol. The molecule has 2 saturated heterocycles. The van der Waals surface area contributed by atoms with Crippen LogP contribution in [-0.2, 0) is 9.53 Å². The van der Waals surface area contributed by atoms with Gasteiger partial charge in [-0.1, -0.05) is 17.7 Å².